The number of carbonyl (C=O) groups excluding carboxylic acids is 3. The van der Waals surface area contributed by atoms with E-state index in [0.717, 1.165) is 10.6 Å². The summed E-state index contributed by atoms with van der Waals surface area (Å²) in [5, 5.41) is 4.19. The third-order valence-electron chi connectivity index (χ3n) is 4.25. The van der Waals surface area contributed by atoms with Crippen LogP contribution in [-0.2, 0) is 4.74 Å². The number of esters is 1. The summed E-state index contributed by atoms with van der Waals surface area (Å²) in [6, 6.07) is 17.5. The van der Waals surface area contributed by atoms with Crippen LogP contribution in [0.25, 0.3) is 5.69 Å². The number of rotatable bonds is 5. The third-order valence-corrected chi connectivity index (χ3v) is 4.25. The highest BCUT2D eigenvalue weighted by Crippen LogP contribution is 2.22. The van der Waals surface area contributed by atoms with Crippen molar-refractivity contribution >= 4 is 17.8 Å². The number of hydrogen-bond donors (Lipinski definition) is 0. The van der Waals surface area contributed by atoms with Crippen LogP contribution in [0.4, 0.5) is 0 Å². The molecule has 1 aliphatic rings. The number of aromatic nitrogens is 2. The van der Waals surface area contributed by atoms with E-state index in [1.807, 2.05) is 30.3 Å². The highest BCUT2D eigenvalue weighted by Gasteiger charge is 2.34. The van der Waals surface area contributed by atoms with Crippen LogP contribution < -0.4 is 0 Å². The van der Waals surface area contributed by atoms with Crippen molar-refractivity contribution in [3.8, 4) is 5.69 Å². The summed E-state index contributed by atoms with van der Waals surface area (Å²) in [6.45, 7) is -0.0972. The molecule has 2 heterocycles. The normalized spacial score (nSPS) is 13.0. The number of benzene rings is 2. The molecule has 27 heavy (non-hydrogen) atoms. The van der Waals surface area contributed by atoms with Crippen molar-refractivity contribution in [3.63, 3.8) is 0 Å². The lowest BCUT2D eigenvalue weighted by Crippen LogP contribution is -2.33. The molecule has 134 valence electrons. The van der Waals surface area contributed by atoms with Gasteiger partial charge in [0, 0.05) is 6.20 Å². The lowest BCUT2D eigenvalue weighted by Gasteiger charge is -2.13. The molecule has 2 aromatic carbocycles. The molecule has 1 aliphatic heterocycles. The quantitative estimate of drug-likeness (QED) is 0.515. The maximum absolute atomic E-state index is 12.3. The fourth-order valence-corrected chi connectivity index (χ4v) is 2.90. The van der Waals surface area contributed by atoms with Gasteiger partial charge in [-0.3, -0.25) is 14.5 Å². The third kappa shape index (κ3) is 3.10. The molecule has 0 unspecified atom stereocenters. The van der Waals surface area contributed by atoms with E-state index < -0.39 is 5.97 Å². The average Bonchev–Trinajstić information content (AvgIpc) is 3.29. The van der Waals surface area contributed by atoms with Gasteiger partial charge in [0.05, 0.1) is 23.4 Å². The molecule has 7 nitrogen and oxygen atoms in total. The molecule has 2 amide bonds. The molecule has 4 rings (SSSR count). The van der Waals surface area contributed by atoms with E-state index in [4.69, 9.17) is 4.74 Å². The van der Waals surface area contributed by atoms with E-state index in [0.29, 0.717) is 11.1 Å². The molecular formula is C20H15N3O4. The van der Waals surface area contributed by atoms with Gasteiger partial charge in [-0.15, -0.1) is 0 Å². The number of ether oxygens (including phenoxy) is 1. The van der Waals surface area contributed by atoms with E-state index in [1.54, 1.807) is 41.2 Å². The number of hydrogen-bond acceptors (Lipinski definition) is 5. The number of para-hydroxylation sites is 1. The zero-order valence-electron chi connectivity index (χ0n) is 14.2. The van der Waals surface area contributed by atoms with Gasteiger partial charge in [0.2, 0.25) is 0 Å². The Morgan fingerprint density at radius 3 is 2.19 bits per heavy atom. The lowest BCUT2D eigenvalue weighted by atomic mass is 10.1. The van der Waals surface area contributed by atoms with E-state index in [9.17, 15) is 14.4 Å². The van der Waals surface area contributed by atoms with Gasteiger partial charge in [-0.1, -0.05) is 30.3 Å². The Bertz CT molecular complexity index is 991. The molecule has 3 aromatic rings. The molecule has 7 heteroatoms. The predicted molar refractivity (Wildman–Crippen MR) is 95.7 cm³/mol. The molecule has 0 N–H and O–H groups in total. The summed E-state index contributed by atoms with van der Waals surface area (Å²) in [5.74, 6) is -1.36. The van der Waals surface area contributed by atoms with Crippen molar-refractivity contribution in [2.75, 3.05) is 13.2 Å². The molecule has 1 aromatic heterocycles. The standard InChI is InChI=1S/C20H15N3O4/c24-18-15-8-4-5-9-16(15)19(25)22(18)12-13-27-20(26)17-10-11-23(21-17)14-6-2-1-3-7-14/h1-11H,12-13H2. The van der Waals surface area contributed by atoms with Crippen molar-refractivity contribution in [2.45, 2.75) is 0 Å². The van der Waals surface area contributed by atoms with E-state index >= 15 is 0 Å². The number of amides is 2. The molecule has 0 aliphatic carbocycles. The van der Waals surface area contributed by atoms with Gasteiger partial charge >= 0.3 is 5.97 Å². The minimum atomic E-state index is -0.610. The summed E-state index contributed by atoms with van der Waals surface area (Å²) in [6.07, 6.45) is 1.66. The molecule has 0 saturated heterocycles. The van der Waals surface area contributed by atoms with Gasteiger partial charge in [-0.25, -0.2) is 9.48 Å². The average molecular weight is 361 g/mol. The maximum atomic E-state index is 12.3. The first-order valence-corrected chi connectivity index (χ1v) is 8.38. The van der Waals surface area contributed by atoms with Crippen LogP contribution in [0.15, 0.2) is 66.9 Å². The molecular weight excluding hydrogens is 346 g/mol. The number of imide groups is 1. The van der Waals surface area contributed by atoms with Gasteiger partial charge in [0.1, 0.15) is 6.61 Å². The molecule has 0 spiro atoms. The van der Waals surface area contributed by atoms with Crippen LogP contribution in [0.5, 0.6) is 0 Å². The zero-order valence-corrected chi connectivity index (χ0v) is 14.2. The van der Waals surface area contributed by atoms with Crippen molar-refractivity contribution < 1.29 is 19.1 Å². The van der Waals surface area contributed by atoms with Crippen LogP contribution in [0.3, 0.4) is 0 Å². The summed E-state index contributed by atoms with van der Waals surface area (Å²) >= 11 is 0. The van der Waals surface area contributed by atoms with Gasteiger partial charge in [-0.2, -0.15) is 5.10 Å². The fourth-order valence-electron chi connectivity index (χ4n) is 2.90. The Kier molecular flexibility index (Phi) is 4.25. The summed E-state index contributed by atoms with van der Waals surface area (Å²) < 4.78 is 6.74. The zero-order chi connectivity index (χ0) is 18.8. The number of fused-ring (bicyclic) bond motifs is 1. The lowest BCUT2D eigenvalue weighted by molar-refractivity contribution is 0.0415. The first-order chi connectivity index (χ1) is 13.1. The second kappa shape index (κ2) is 6.87. The second-order valence-electron chi connectivity index (χ2n) is 5.92. The Labute approximate surface area is 154 Å². The van der Waals surface area contributed by atoms with E-state index in [2.05, 4.69) is 5.10 Å². The molecule has 0 radical (unpaired) electrons. The Hall–Kier alpha value is -3.74. The van der Waals surface area contributed by atoms with Crippen molar-refractivity contribution in [1.29, 1.82) is 0 Å². The predicted octanol–water partition coefficient (Wildman–Crippen LogP) is 2.33. The summed E-state index contributed by atoms with van der Waals surface area (Å²) in [5.41, 5.74) is 1.72. The van der Waals surface area contributed by atoms with E-state index in [1.165, 1.54) is 0 Å². The molecule has 0 fully saturated rings. The summed E-state index contributed by atoms with van der Waals surface area (Å²) in [4.78, 5) is 37.8. The molecule has 0 bridgehead atoms. The Morgan fingerprint density at radius 2 is 1.52 bits per heavy atom. The number of carbonyl (C=O) groups is 3. The van der Waals surface area contributed by atoms with Crippen LogP contribution >= 0.6 is 0 Å². The molecule has 0 saturated carbocycles. The van der Waals surface area contributed by atoms with Gasteiger partial charge in [-0.05, 0) is 30.3 Å². The van der Waals surface area contributed by atoms with Crippen LogP contribution in [0, 0.1) is 0 Å². The largest absolute Gasteiger partial charge is 0.459 e. The molecule has 0 atom stereocenters. The van der Waals surface area contributed by atoms with Gasteiger partial charge in [0.25, 0.3) is 11.8 Å². The summed E-state index contributed by atoms with van der Waals surface area (Å²) in [7, 11) is 0. The van der Waals surface area contributed by atoms with Crippen molar-refractivity contribution in [3.05, 3.63) is 83.7 Å². The smallest absolute Gasteiger partial charge is 0.358 e. The fraction of sp³-hybridized carbons (Fsp3) is 0.100. The minimum Gasteiger partial charge on any atom is -0.459 e. The topological polar surface area (TPSA) is 81.5 Å². The second-order valence-corrected chi connectivity index (χ2v) is 5.92. The van der Waals surface area contributed by atoms with Crippen molar-refractivity contribution in [1.82, 2.24) is 14.7 Å². The number of nitrogens with zero attached hydrogens (tertiary/aromatic N) is 3. The first-order valence-electron chi connectivity index (χ1n) is 8.38. The highest BCUT2D eigenvalue weighted by molar-refractivity contribution is 6.21. The highest BCUT2D eigenvalue weighted by atomic mass is 16.5. The monoisotopic (exact) mass is 361 g/mol. The van der Waals surface area contributed by atoms with Gasteiger partial charge in [0.15, 0.2) is 5.69 Å². The minimum absolute atomic E-state index is 0.00250. The first kappa shape index (κ1) is 16.7. The van der Waals surface area contributed by atoms with Crippen molar-refractivity contribution in [2.24, 2.45) is 0 Å². The van der Waals surface area contributed by atoms with Crippen LogP contribution in [0.1, 0.15) is 31.2 Å². The Balaban J connectivity index is 1.36. The van der Waals surface area contributed by atoms with Gasteiger partial charge < -0.3 is 4.74 Å². The SMILES string of the molecule is O=C(OCCN1C(=O)c2ccccc2C1=O)c1ccn(-c2ccccc2)n1. The van der Waals surface area contributed by atoms with Crippen LogP contribution in [-0.4, -0.2) is 45.6 Å². The maximum Gasteiger partial charge on any atom is 0.358 e. The Morgan fingerprint density at radius 1 is 0.889 bits per heavy atom. The van der Waals surface area contributed by atoms with E-state index in [-0.39, 0.29) is 30.7 Å². The van der Waals surface area contributed by atoms with Crippen LogP contribution in [0.2, 0.25) is 0 Å².